The molecular weight excluding hydrogens is 1310 g/mol. The predicted octanol–water partition coefficient (Wildman–Crippen LogP) is 22.6. The van der Waals surface area contributed by atoms with Gasteiger partial charge in [0.25, 0.3) is 0 Å². The molecule has 0 aromatic rings. The second-order valence-corrected chi connectivity index (χ2v) is 28.8. The van der Waals surface area contributed by atoms with Crippen molar-refractivity contribution in [2.45, 2.75) is 341 Å². The molecule has 5 unspecified atom stereocenters. The van der Waals surface area contributed by atoms with Gasteiger partial charge in [0.2, 0.25) is 0 Å². The molecule has 0 heterocycles. The van der Waals surface area contributed by atoms with Gasteiger partial charge >= 0.3 is 39.5 Å². The highest BCUT2D eigenvalue weighted by Gasteiger charge is 2.30. The predicted molar refractivity (Wildman–Crippen MR) is 408 cm³/mol. The van der Waals surface area contributed by atoms with Crippen molar-refractivity contribution in [1.29, 1.82) is 0 Å². The first kappa shape index (κ1) is 95.7. The average molecular weight is 1450 g/mol. The number of carbonyl (C=O) groups is 4. The minimum absolute atomic E-state index is 0.0793. The summed E-state index contributed by atoms with van der Waals surface area (Å²) in [6.07, 6.45) is 77.9. The maximum Gasteiger partial charge on any atom is 0.472 e. The first-order valence-corrected chi connectivity index (χ1v) is 42.1. The zero-order valence-electron chi connectivity index (χ0n) is 62.8. The van der Waals surface area contributed by atoms with Gasteiger partial charge in [-0.3, -0.25) is 37.3 Å². The van der Waals surface area contributed by atoms with Crippen molar-refractivity contribution in [2.24, 2.45) is 0 Å². The van der Waals surface area contributed by atoms with Crippen LogP contribution in [0.2, 0.25) is 0 Å². The maximum atomic E-state index is 13.1. The molecule has 0 rings (SSSR count). The van der Waals surface area contributed by atoms with Gasteiger partial charge in [-0.15, -0.1) is 0 Å². The molecule has 0 spiro atoms. The second-order valence-electron chi connectivity index (χ2n) is 25.9. The van der Waals surface area contributed by atoms with Gasteiger partial charge in [0, 0.05) is 25.7 Å². The van der Waals surface area contributed by atoms with E-state index in [1.54, 1.807) is 0 Å². The van der Waals surface area contributed by atoms with Crippen LogP contribution in [0, 0.1) is 0 Å². The summed E-state index contributed by atoms with van der Waals surface area (Å²) in [6.45, 7) is 4.60. The van der Waals surface area contributed by atoms with E-state index in [4.69, 9.17) is 37.0 Å². The summed E-state index contributed by atoms with van der Waals surface area (Å²) in [5.74, 6) is -2.22. The fourth-order valence-corrected chi connectivity index (χ4v) is 11.8. The van der Waals surface area contributed by atoms with E-state index in [-0.39, 0.29) is 25.7 Å². The topological polar surface area (TPSA) is 237 Å². The normalized spacial score (nSPS) is 14.5. The summed E-state index contributed by atoms with van der Waals surface area (Å²) >= 11 is 0. The number of hydrogen-bond donors (Lipinski definition) is 3. The smallest absolute Gasteiger partial charge is 0.462 e. The molecule has 0 bridgehead atoms. The Labute approximate surface area is 607 Å². The van der Waals surface area contributed by atoms with E-state index in [0.29, 0.717) is 25.7 Å². The lowest BCUT2D eigenvalue weighted by Gasteiger charge is -2.21. The van der Waals surface area contributed by atoms with Crippen LogP contribution in [-0.2, 0) is 65.4 Å². The first-order valence-electron chi connectivity index (χ1n) is 39.1. The van der Waals surface area contributed by atoms with Crippen molar-refractivity contribution >= 4 is 39.5 Å². The number of phosphoric acid groups is 2. The minimum Gasteiger partial charge on any atom is -0.462 e. The fourth-order valence-electron chi connectivity index (χ4n) is 10.2. The van der Waals surface area contributed by atoms with Gasteiger partial charge in [0.15, 0.2) is 12.2 Å². The molecule has 0 amide bonds. The minimum atomic E-state index is -4.98. The van der Waals surface area contributed by atoms with E-state index >= 15 is 0 Å². The Morgan fingerprint density at radius 1 is 0.290 bits per heavy atom. The highest BCUT2D eigenvalue weighted by molar-refractivity contribution is 7.47. The molecule has 0 aromatic carbocycles. The number of allylic oxidation sites excluding steroid dienone is 18. The number of unbranched alkanes of at least 4 members (excludes halogenated alkanes) is 29. The molecule has 0 aliphatic heterocycles. The van der Waals surface area contributed by atoms with Gasteiger partial charge in [-0.25, -0.2) is 9.13 Å². The summed E-state index contributed by atoms with van der Waals surface area (Å²) in [5.41, 5.74) is 0. The van der Waals surface area contributed by atoms with Crippen molar-refractivity contribution in [3.05, 3.63) is 109 Å². The van der Waals surface area contributed by atoms with Crippen LogP contribution in [0.5, 0.6) is 0 Å². The van der Waals surface area contributed by atoms with Gasteiger partial charge in [0.1, 0.15) is 19.3 Å². The Bertz CT molecular complexity index is 2320. The third-order valence-electron chi connectivity index (χ3n) is 16.2. The highest BCUT2D eigenvalue weighted by atomic mass is 31.2. The lowest BCUT2D eigenvalue weighted by atomic mass is 10.1. The number of ether oxygens (including phenoxy) is 4. The largest absolute Gasteiger partial charge is 0.472 e. The molecule has 0 fully saturated rings. The second kappa shape index (κ2) is 73.0. The molecule has 0 saturated heterocycles. The number of aliphatic hydroxyl groups excluding tert-OH is 1. The van der Waals surface area contributed by atoms with Crippen LogP contribution >= 0.6 is 15.6 Å². The quantitative estimate of drug-likeness (QED) is 0.0169. The third-order valence-corrected chi connectivity index (χ3v) is 18.1. The van der Waals surface area contributed by atoms with Crippen molar-refractivity contribution < 1.29 is 80.2 Å². The van der Waals surface area contributed by atoms with Crippen molar-refractivity contribution in [1.82, 2.24) is 0 Å². The van der Waals surface area contributed by atoms with Crippen molar-refractivity contribution in [3.63, 3.8) is 0 Å². The van der Waals surface area contributed by atoms with Crippen LogP contribution in [0.3, 0.4) is 0 Å². The summed E-state index contributed by atoms with van der Waals surface area (Å²) in [5, 5.41) is 10.6. The number of esters is 4. The first-order chi connectivity index (χ1) is 48.7. The molecular formula is C81H140O17P2. The van der Waals surface area contributed by atoms with Gasteiger partial charge in [0.05, 0.1) is 26.4 Å². The molecule has 5 atom stereocenters. The van der Waals surface area contributed by atoms with E-state index in [1.807, 2.05) is 0 Å². The third kappa shape index (κ3) is 72.1. The number of aliphatic hydroxyl groups is 1. The Morgan fingerprint density at radius 3 is 0.880 bits per heavy atom. The lowest BCUT2D eigenvalue weighted by Crippen LogP contribution is -2.30. The van der Waals surface area contributed by atoms with Crippen LogP contribution < -0.4 is 0 Å². The van der Waals surface area contributed by atoms with Gasteiger partial charge in [-0.1, -0.05) is 265 Å². The highest BCUT2D eigenvalue weighted by Crippen LogP contribution is 2.45. The summed E-state index contributed by atoms with van der Waals surface area (Å²) < 4.78 is 68.5. The molecule has 0 saturated carbocycles. The summed E-state index contributed by atoms with van der Waals surface area (Å²) in [6, 6.07) is 0. The molecule has 0 aliphatic rings. The monoisotopic (exact) mass is 1450 g/mol. The average Bonchev–Trinajstić information content (AvgIpc) is 1.05. The van der Waals surface area contributed by atoms with Crippen molar-refractivity contribution in [3.8, 4) is 0 Å². The maximum absolute atomic E-state index is 13.1. The Kier molecular flexibility index (Phi) is 69.9. The summed E-state index contributed by atoms with van der Waals surface area (Å²) in [7, 11) is -9.96. The van der Waals surface area contributed by atoms with Gasteiger partial charge in [-0.05, 0) is 141 Å². The molecule has 0 aromatic heterocycles. The Morgan fingerprint density at radius 2 is 0.550 bits per heavy atom. The Hall–Kier alpha value is -4.28. The summed E-state index contributed by atoms with van der Waals surface area (Å²) in [4.78, 5) is 72.9. The number of carbonyl (C=O) groups excluding carboxylic acids is 4. The molecule has 576 valence electrons. The lowest BCUT2D eigenvalue weighted by molar-refractivity contribution is -0.161. The molecule has 100 heavy (non-hydrogen) atoms. The molecule has 0 radical (unpaired) electrons. The number of hydrogen-bond acceptors (Lipinski definition) is 15. The zero-order valence-corrected chi connectivity index (χ0v) is 64.6. The SMILES string of the molecule is CC/C=C\C/C=C\C/C=C\CCCCCCCCCC(=O)OC(COC(=O)CCCCCCCC/C=C\C/C=C\C/C=C\CCCCC)COP(=O)(O)OCC(O)COP(=O)(O)OCC(COC(=O)CCCCCCC/C=C\C/C=C\CCC)OC(=O)CCCCCCC/C=C\CCCC. The van der Waals surface area contributed by atoms with E-state index in [0.717, 1.165) is 212 Å². The van der Waals surface area contributed by atoms with Crippen LogP contribution in [0.15, 0.2) is 109 Å². The van der Waals surface area contributed by atoms with Crippen LogP contribution in [0.4, 0.5) is 0 Å². The number of phosphoric ester groups is 2. The van der Waals surface area contributed by atoms with Gasteiger partial charge in [-0.2, -0.15) is 0 Å². The van der Waals surface area contributed by atoms with Crippen molar-refractivity contribution in [2.75, 3.05) is 39.6 Å². The number of rotatable bonds is 73. The molecule has 3 N–H and O–H groups in total. The molecule has 0 aliphatic carbocycles. The fraction of sp³-hybridized carbons (Fsp3) is 0.728. The zero-order chi connectivity index (χ0) is 73.2. The van der Waals surface area contributed by atoms with E-state index in [9.17, 15) is 43.2 Å². The Balaban J connectivity index is 5.35. The van der Waals surface area contributed by atoms with Crippen LogP contribution in [0.1, 0.15) is 323 Å². The van der Waals surface area contributed by atoms with Crippen LogP contribution in [-0.4, -0.2) is 96.7 Å². The van der Waals surface area contributed by atoms with E-state index < -0.39 is 97.5 Å². The molecule has 17 nitrogen and oxygen atoms in total. The molecule has 19 heteroatoms. The van der Waals surface area contributed by atoms with Gasteiger partial charge < -0.3 is 33.8 Å². The van der Waals surface area contributed by atoms with Crippen LogP contribution in [0.25, 0.3) is 0 Å². The van der Waals surface area contributed by atoms with E-state index in [1.165, 1.54) is 32.1 Å². The van der Waals surface area contributed by atoms with E-state index in [2.05, 4.69) is 137 Å². The standard InChI is InChI=1S/C81H140O17P2/c1-5-9-13-17-21-25-29-32-34-36-37-39-40-43-47-50-54-58-62-66-79(84)92-72-77(98-81(86)68-64-60-56-52-48-44-41-38-35-33-30-26-22-18-14-10-6-2)74-96-100(89,90)94-70-75(82)69-93-99(87,88)95-73-76(97-80(85)67-63-59-55-51-45-28-24-20-16-12-8-4)71-91-78(83)65-61-57-53-49-46-42-31-27-23-19-15-11-7-3/h10,14-15,19-22,24-27,31-35,37,39,75-77,82H,5-9,11-13,16-18,23,28-30,36,38,40-74H2,1-4H3,(H,87,88)(H,89,90)/b14-10-,19-15-,24-20-,25-21-,26-22-,31-27-,34-32-,35-33-,39-37-.